The third kappa shape index (κ3) is 3.08. The number of hydrogen-bond acceptors (Lipinski definition) is 6. The van der Waals surface area contributed by atoms with Crippen LogP contribution in [0.1, 0.15) is 26.7 Å². The number of phenols is 1. The van der Waals surface area contributed by atoms with E-state index in [0.29, 0.717) is 17.1 Å². The van der Waals surface area contributed by atoms with E-state index in [1.807, 2.05) is 60.9 Å². The number of piperidine rings is 2. The summed E-state index contributed by atoms with van der Waals surface area (Å²) in [4.78, 5) is 8.16. The van der Waals surface area contributed by atoms with Crippen molar-refractivity contribution in [3.8, 4) is 22.7 Å². The molecule has 7 nitrogen and oxygen atoms in total. The highest BCUT2D eigenvalue weighted by atomic mass is 19.1. The molecular formula is C24H29FN6O. The van der Waals surface area contributed by atoms with E-state index in [1.54, 1.807) is 18.6 Å². The van der Waals surface area contributed by atoms with E-state index in [-0.39, 0.29) is 17.2 Å². The molecule has 0 spiro atoms. The molecule has 4 atom stereocenters. The molecule has 0 radical (unpaired) electrons. The summed E-state index contributed by atoms with van der Waals surface area (Å²) >= 11 is 0. The quantitative estimate of drug-likeness (QED) is 0.673. The van der Waals surface area contributed by atoms with Gasteiger partial charge in [-0.15, -0.1) is 10.2 Å². The highest BCUT2D eigenvalue weighted by molar-refractivity contribution is 5.69. The summed E-state index contributed by atoms with van der Waals surface area (Å²) in [5, 5.41) is 19.3. The Hall–Kier alpha value is -3.00. The van der Waals surface area contributed by atoms with Gasteiger partial charge in [-0.2, -0.15) is 0 Å². The first-order valence-electron chi connectivity index (χ1n) is 11.0. The Labute approximate surface area is 187 Å². The second-order valence-corrected chi connectivity index (χ2v) is 9.77. The smallest absolute Gasteiger partial charge is 0.151 e. The fraction of sp³-hybridized carbons (Fsp3) is 0.458. The zero-order valence-electron chi connectivity index (χ0n) is 18.9. The lowest BCUT2D eigenvalue weighted by molar-refractivity contribution is -0.123. The first-order valence-corrected chi connectivity index (χ1v) is 11.0. The molecular weight excluding hydrogens is 407 g/mol. The maximum absolute atomic E-state index is 15.7. The van der Waals surface area contributed by atoms with Gasteiger partial charge in [-0.25, -0.2) is 9.37 Å². The minimum atomic E-state index is -0.980. The van der Waals surface area contributed by atoms with Crippen LogP contribution in [0.2, 0.25) is 0 Å². The molecule has 2 bridgehead atoms. The molecule has 32 heavy (non-hydrogen) atoms. The highest BCUT2D eigenvalue weighted by Gasteiger charge is 2.61. The molecule has 4 heterocycles. The maximum atomic E-state index is 15.7. The summed E-state index contributed by atoms with van der Waals surface area (Å²) < 4.78 is 17.6. The Bertz CT molecular complexity index is 1120. The number of benzene rings is 1. The van der Waals surface area contributed by atoms with Gasteiger partial charge in [0, 0.05) is 43.0 Å². The second-order valence-electron chi connectivity index (χ2n) is 9.77. The fourth-order valence-electron chi connectivity index (χ4n) is 5.59. The molecule has 0 amide bonds. The Morgan fingerprint density at radius 3 is 2.59 bits per heavy atom. The van der Waals surface area contributed by atoms with Crippen LogP contribution in [0.3, 0.4) is 0 Å². The molecule has 168 valence electrons. The molecule has 2 saturated heterocycles. The Morgan fingerprint density at radius 1 is 1.16 bits per heavy atom. The number of fused-ring (bicyclic) bond motifs is 3. The molecule has 3 unspecified atom stereocenters. The van der Waals surface area contributed by atoms with Crippen molar-refractivity contribution in [2.45, 2.75) is 44.4 Å². The first-order chi connectivity index (χ1) is 15.2. The van der Waals surface area contributed by atoms with Crippen molar-refractivity contribution in [2.75, 3.05) is 25.5 Å². The highest BCUT2D eigenvalue weighted by Crippen LogP contribution is 2.52. The van der Waals surface area contributed by atoms with Crippen molar-refractivity contribution >= 4 is 5.82 Å². The number of nitrogens with zero attached hydrogens (tertiary/aromatic N) is 6. The number of alkyl halides is 1. The van der Waals surface area contributed by atoms with Crippen LogP contribution in [-0.4, -0.2) is 68.1 Å². The van der Waals surface area contributed by atoms with Crippen LogP contribution in [0.15, 0.2) is 49.1 Å². The second kappa shape index (κ2) is 7.27. The molecule has 1 aromatic carbocycles. The maximum Gasteiger partial charge on any atom is 0.151 e. The van der Waals surface area contributed by atoms with Crippen LogP contribution >= 0.6 is 0 Å². The minimum Gasteiger partial charge on any atom is -0.507 e. The summed E-state index contributed by atoms with van der Waals surface area (Å²) in [6, 6.07) is 8.80. The molecule has 3 aliphatic rings. The van der Waals surface area contributed by atoms with Gasteiger partial charge in [-0.1, -0.05) is 6.92 Å². The van der Waals surface area contributed by atoms with Gasteiger partial charge in [0.25, 0.3) is 0 Å². The van der Waals surface area contributed by atoms with Gasteiger partial charge in [-0.3, -0.25) is 4.90 Å². The van der Waals surface area contributed by atoms with Gasteiger partial charge in [0.2, 0.25) is 0 Å². The number of phenolic OH excluding ortho intramolecular Hbond substituents is 1. The molecule has 2 aromatic heterocycles. The monoisotopic (exact) mass is 436 g/mol. The van der Waals surface area contributed by atoms with Crippen molar-refractivity contribution in [2.24, 2.45) is 5.41 Å². The average molecular weight is 437 g/mol. The van der Waals surface area contributed by atoms with E-state index in [0.717, 1.165) is 25.1 Å². The third-order valence-corrected chi connectivity index (χ3v) is 7.75. The molecule has 1 N–H and O–H groups in total. The number of anilines is 1. The number of aromatic hydroxyl groups is 1. The summed E-state index contributed by atoms with van der Waals surface area (Å²) in [5.41, 5.74) is 1.37. The summed E-state index contributed by atoms with van der Waals surface area (Å²) in [6.45, 7) is 5.07. The number of rotatable bonds is 4. The SMILES string of the molecule is CN(c1ccc(-c2ccc(-n3ccnc3)cc2O)nn1)C1C(F)[C@]2(C)CCC1(C)CN2C. The molecule has 1 aliphatic carbocycles. The number of hydrogen-bond donors (Lipinski definition) is 1. The van der Waals surface area contributed by atoms with E-state index in [4.69, 9.17) is 0 Å². The molecule has 8 heteroatoms. The minimum absolute atomic E-state index is 0.114. The van der Waals surface area contributed by atoms with E-state index in [2.05, 4.69) is 27.0 Å². The Kier molecular flexibility index (Phi) is 4.74. The lowest BCUT2D eigenvalue weighted by Gasteiger charge is -2.63. The van der Waals surface area contributed by atoms with E-state index >= 15 is 4.39 Å². The first kappa shape index (κ1) is 20.9. The largest absolute Gasteiger partial charge is 0.507 e. The van der Waals surface area contributed by atoms with E-state index in [9.17, 15) is 5.11 Å². The van der Waals surface area contributed by atoms with Gasteiger partial charge in [0.1, 0.15) is 11.9 Å². The van der Waals surface area contributed by atoms with Gasteiger partial charge >= 0.3 is 0 Å². The average Bonchev–Trinajstić information content (AvgIpc) is 3.31. The molecule has 2 aliphatic heterocycles. The zero-order chi connectivity index (χ0) is 22.7. The van der Waals surface area contributed by atoms with Gasteiger partial charge in [0.05, 0.1) is 29.3 Å². The Balaban J connectivity index is 1.41. The van der Waals surface area contributed by atoms with Crippen molar-refractivity contribution < 1.29 is 9.50 Å². The Morgan fingerprint density at radius 2 is 1.97 bits per heavy atom. The number of imidazole rings is 1. The van der Waals surface area contributed by atoms with Crippen LogP contribution in [0.4, 0.5) is 10.2 Å². The predicted molar refractivity (Wildman–Crippen MR) is 122 cm³/mol. The zero-order valence-corrected chi connectivity index (χ0v) is 18.9. The van der Waals surface area contributed by atoms with Crippen LogP contribution in [0.5, 0.6) is 5.75 Å². The standard InChI is InChI=1S/C24H29FN6O/c1-23-9-10-24(2,29(3)14-23)21(25)22(23)30(4)20-8-7-18(27-28-20)17-6-5-16(13-19(17)32)31-12-11-26-15-31/h5-8,11-13,15,21-22,32H,9-10,14H2,1-4H3/t21?,22?,23?,24-/m0/s1. The lowest BCUT2D eigenvalue weighted by atomic mass is 9.59. The lowest BCUT2D eigenvalue weighted by Crippen LogP contribution is -2.74. The van der Waals surface area contributed by atoms with Crippen molar-refractivity contribution in [3.05, 3.63) is 49.1 Å². The number of halogens is 1. The summed E-state index contributed by atoms with van der Waals surface area (Å²) in [7, 11) is 3.94. The van der Waals surface area contributed by atoms with Crippen LogP contribution < -0.4 is 4.90 Å². The van der Waals surface area contributed by atoms with Gasteiger partial charge in [-0.05, 0) is 51.1 Å². The van der Waals surface area contributed by atoms with Crippen molar-refractivity contribution in [1.29, 1.82) is 0 Å². The summed E-state index contributed by atoms with van der Waals surface area (Å²) in [5.74, 6) is 0.749. The topological polar surface area (TPSA) is 70.3 Å². The van der Waals surface area contributed by atoms with E-state index < -0.39 is 11.7 Å². The van der Waals surface area contributed by atoms with E-state index in [1.165, 1.54) is 0 Å². The third-order valence-electron chi connectivity index (χ3n) is 7.75. The van der Waals surface area contributed by atoms with Crippen LogP contribution in [-0.2, 0) is 0 Å². The molecule has 6 rings (SSSR count). The van der Waals surface area contributed by atoms with Crippen molar-refractivity contribution in [3.63, 3.8) is 0 Å². The number of aromatic nitrogens is 4. The van der Waals surface area contributed by atoms with Gasteiger partial charge in [0.15, 0.2) is 5.82 Å². The summed E-state index contributed by atoms with van der Waals surface area (Å²) in [6.07, 6.45) is 6.05. The normalized spacial score (nSPS) is 29.9. The van der Waals surface area contributed by atoms with Gasteiger partial charge < -0.3 is 14.6 Å². The van der Waals surface area contributed by atoms with Crippen LogP contribution in [0, 0.1) is 5.41 Å². The fourth-order valence-corrected chi connectivity index (χ4v) is 5.59. The molecule has 3 fully saturated rings. The predicted octanol–water partition coefficient (Wildman–Crippen LogP) is 3.68. The van der Waals surface area contributed by atoms with Crippen LogP contribution in [0.25, 0.3) is 16.9 Å². The van der Waals surface area contributed by atoms with Crippen molar-refractivity contribution in [1.82, 2.24) is 24.6 Å². The molecule has 1 saturated carbocycles. The molecule has 3 aromatic rings.